The highest BCUT2D eigenvalue weighted by molar-refractivity contribution is 6.01. The number of hydrogen-bond acceptors (Lipinski definition) is 5. The van der Waals surface area contributed by atoms with Crippen molar-refractivity contribution in [1.82, 2.24) is 4.90 Å². The van der Waals surface area contributed by atoms with Crippen molar-refractivity contribution in [2.24, 2.45) is 0 Å². The van der Waals surface area contributed by atoms with E-state index in [1.165, 1.54) is 22.4 Å². The molecule has 3 aromatic carbocycles. The van der Waals surface area contributed by atoms with Gasteiger partial charge in [0.25, 0.3) is 0 Å². The van der Waals surface area contributed by atoms with Crippen LogP contribution in [0.3, 0.4) is 0 Å². The standard InChI is InChI=1S/C32H35FN2O3/c1-21-30(36)10-8-28-31(22-3-6-25(7-4-22)38-26-12-17-35(20-26)16-2-14-33)27(13-18-37-32(21)28)23-5-9-29-24(19-23)11-15-34-29/h3-10,19,26,34,36H,2,11-18,20H2,1H3/t26-/m0/s1. The number of phenols is 1. The van der Waals surface area contributed by atoms with Gasteiger partial charge in [0.1, 0.15) is 23.4 Å². The summed E-state index contributed by atoms with van der Waals surface area (Å²) in [7, 11) is 0. The molecule has 0 unspecified atom stereocenters. The van der Waals surface area contributed by atoms with Crippen LogP contribution in [-0.4, -0.2) is 55.6 Å². The third-order valence-corrected chi connectivity index (χ3v) is 7.99. The molecule has 2 N–H and O–H groups in total. The second kappa shape index (κ2) is 10.7. The van der Waals surface area contributed by atoms with Crippen LogP contribution in [0.1, 0.15) is 47.1 Å². The Bertz CT molecular complexity index is 1350. The number of hydrogen-bond donors (Lipinski definition) is 2. The van der Waals surface area contributed by atoms with E-state index in [9.17, 15) is 9.50 Å². The highest BCUT2D eigenvalue weighted by Crippen LogP contribution is 2.45. The molecule has 0 amide bonds. The van der Waals surface area contributed by atoms with Crippen molar-refractivity contribution >= 4 is 16.8 Å². The van der Waals surface area contributed by atoms with Crippen molar-refractivity contribution in [1.29, 1.82) is 0 Å². The van der Waals surface area contributed by atoms with Crippen LogP contribution in [0.5, 0.6) is 17.2 Å². The molecule has 3 heterocycles. The van der Waals surface area contributed by atoms with Gasteiger partial charge in [0, 0.05) is 49.4 Å². The Morgan fingerprint density at radius 3 is 2.76 bits per heavy atom. The highest BCUT2D eigenvalue weighted by Gasteiger charge is 2.26. The summed E-state index contributed by atoms with van der Waals surface area (Å²) in [5.41, 5.74) is 9.02. The van der Waals surface area contributed by atoms with Crippen molar-refractivity contribution in [3.8, 4) is 17.2 Å². The average molecular weight is 515 g/mol. The molecule has 0 saturated carbocycles. The number of alkyl halides is 1. The monoisotopic (exact) mass is 514 g/mol. The smallest absolute Gasteiger partial charge is 0.133 e. The summed E-state index contributed by atoms with van der Waals surface area (Å²) in [6.07, 6.45) is 3.48. The first-order valence-corrected chi connectivity index (χ1v) is 13.7. The molecule has 38 heavy (non-hydrogen) atoms. The minimum absolute atomic E-state index is 0.132. The quantitative estimate of drug-likeness (QED) is 0.392. The number of likely N-dealkylation sites (tertiary alicyclic amines) is 1. The van der Waals surface area contributed by atoms with Crippen LogP contribution in [0.25, 0.3) is 11.1 Å². The third-order valence-electron chi connectivity index (χ3n) is 7.99. The van der Waals surface area contributed by atoms with Gasteiger partial charge in [-0.1, -0.05) is 18.2 Å². The topological polar surface area (TPSA) is 54.0 Å². The molecule has 3 aliphatic heterocycles. The molecule has 0 aromatic heterocycles. The lowest BCUT2D eigenvalue weighted by atomic mass is 9.87. The molecular weight excluding hydrogens is 479 g/mol. The Labute approximate surface area is 223 Å². The van der Waals surface area contributed by atoms with Gasteiger partial charge in [-0.2, -0.15) is 0 Å². The molecule has 5 nitrogen and oxygen atoms in total. The lowest BCUT2D eigenvalue weighted by Crippen LogP contribution is -2.26. The van der Waals surface area contributed by atoms with Crippen LogP contribution in [0, 0.1) is 6.92 Å². The molecule has 3 aliphatic rings. The second-order valence-corrected chi connectivity index (χ2v) is 10.5. The Hall–Kier alpha value is -3.51. The minimum Gasteiger partial charge on any atom is -0.508 e. The minimum atomic E-state index is -0.267. The van der Waals surface area contributed by atoms with E-state index in [1.807, 2.05) is 13.0 Å². The Kier molecular flexibility index (Phi) is 6.98. The number of fused-ring (bicyclic) bond motifs is 2. The fourth-order valence-corrected chi connectivity index (χ4v) is 5.99. The van der Waals surface area contributed by atoms with Gasteiger partial charge in [0.15, 0.2) is 0 Å². The van der Waals surface area contributed by atoms with Crippen LogP contribution < -0.4 is 14.8 Å². The number of halogens is 1. The Morgan fingerprint density at radius 1 is 1.08 bits per heavy atom. The Balaban J connectivity index is 1.36. The molecule has 6 heteroatoms. The molecule has 198 valence electrons. The number of rotatable bonds is 7. The molecule has 0 bridgehead atoms. The van der Waals surface area contributed by atoms with Gasteiger partial charge >= 0.3 is 0 Å². The van der Waals surface area contributed by atoms with Crippen LogP contribution in [0.2, 0.25) is 0 Å². The number of nitrogens with one attached hydrogen (secondary N) is 1. The maximum absolute atomic E-state index is 12.6. The summed E-state index contributed by atoms with van der Waals surface area (Å²) in [5, 5.41) is 13.9. The zero-order valence-electron chi connectivity index (χ0n) is 21.9. The van der Waals surface area contributed by atoms with E-state index in [-0.39, 0.29) is 18.5 Å². The van der Waals surface area contributed by atoms with E-state index in [4.69, 9.17) is 9.47 Å². The van der Waals surface area contributed by atoms with Gasteiger partial charge in [0.2, 0.25) is 0 Å². The number of phenolic OH excluding ortho intramolecular Hbond substituents is 1. The van der Waals surface area contributed by atoms with Crippen LogP contribution in [-0.2, 0) is 6.42 Å². The largest absolute Gasteiger partial charge is 0.508 e. The predicted octanol–water partition coefficient (Wildman–Crippen LogP) is 6.22. The van der Waals surface area contributed by atoms with E-state index in [2.05, 4.69) is 52.7 Å². The fraction of sp³-hybridized carbons (Fsp3) is 0.375. The van der Waals surface area contributed by atoms with Gasteiger partial charge in [-0.25, -0.2) is 0 Å². The molecule has 1 fully saturated rings. The summed E-state index contributed by atoms with van der Waals surface area (Å²) in [6.45, 7) is 5.76. The molecule has 0 spiro atoms. The maximum Gasteiger partial charge on any atom is 0.133 e. The third kappa shape index (κ3) is 4.85. The lowest BCUT2D eigenvalue weighted by Gasteiger charge is -2.19. The molecule has 1 atom stereocenters. The first-order chi connectivity index (χ1) is 18.6. The number of ether oxygens (including phenoxy) is 2. The summed E-state index contributed by atoms with van der Waals surface area (Å²) >= 11 is 0. The van der Waals surface area contributed by atoms with Crippen molar-refractivity contribution in [3.63, 3.8) is 0 Å². The molecule has 3 aromatic rings. The van der Waals surface area contributed by atoms with E-state index in [0.717, 1.165) is 79.2 Å². The summed E-state index contributed by atoms with van der Waals surface area (Å²) in [4.78, 5) is 2.28. The summed E-state index contributed by atoms with van der Waals surface area (Å²) in [5.74, 6) is 1.84. The summed E-state index contributed by atoms with van der Waals surface area (Å²) < 4.78 is 25.1. The number of anilines is 1. The van der Waals surface area contributed by atoms with Crippen molar-refractivity contribution in [3.05, 3.63) is 82.4 Å². The molecular formula is C32H35FN2O3. The summed E-state index contributed by atoms with van der Waals surface area (Å²) in [6, 6.07) is 18.8. The van der Waals surface area contributed by atoms with Crippen LogP contribution in [0.15, 0.2) is 54.6 Å². The van der Waals surface area contributed by atoms with E-state index in [1.54, 1.807) is 6.07 Å². The van der Waals surface area contributed by atoms with Gasteiger partial charge in [-0.15, -0.1) is 0 Å². The molecule has 6 rings (SSSR count). The van der Waals surface area contributed by atoms with Gasteiger partial charge in [-0.05, 0) is 90.4 Å². The van der Waals surface area contributed by atoms with E-state index in [0.29, 0.717) is 13.0 Å². The average Bonchev–Trinajstić information content (AvgIpc) is 3.55. The van der Waals surface area contributed by atoms with Crippen molar-refractivity contribution in [2.45, 2.75) is 38.7 Å². The van der Waals surface area contributed by atoms with Crippen molar-refractivity contribution in [2.75, 3.05) is 44.8 Å². The fourth-order valence-electron chi connectivity index (χ4n) is 5.99. The van der Waals surface area contributed by atoms with Crippen LogP contribution >= 0.6 is 0 Å². The van der Waals surface area contributed by atoms with E-state index < -0.39 is 0 Å². The zero-order valence-corrected chi connectivity index (χ0v) is 21.9. The normalized spacial score (nSPS) is 18.9. The van der Waals surface area contributed by atoms with Crippen molar-refractivity contribution < 1.29 is 19.0 Å². The molecule has 1 saturated heterocycles. The number of benzene rings is 3. The first-order valence-electron chi connectivity index (χ1n) is 13.7. The molecule has 0 aliphatic carbocycles. The van der Waals surface area contributed by atoms with Gasteiger partial charge in [-0.3, -0.25) is 9.29 Å². The maximum atomic E-state index is 12.6. The lowest BCUT2D eigenvalue weighted by molar-refractivity contribution is 0.198. The highest BCUT2D eigenvalue weighted by atomic mass is 19.1. The second-order valence-electron chi connectivity index (χ2n) is 10.5. The van der Waals surface area contributed by atoms with Gasteiger partial charge in [0.05, 0.1) is 13.3 Å². The first kappa shape index (κ1) is 24.8. The number of aromatic hydroxyl groups is 1. The number of nitrogens with zero attached hydrogens (tertiary/aromatic N) is 1. The van der Waals surface area contributed by atoms with Crippen LogP contribution in [0.4, 0.5) is 10.1 Å². The van der Waals surface area contributed by atoms with Gasteiger partial charge < -0.3 is 19.9 Å². The Morgan fingerprint density at radius 2 is 1.92 bits per heavy atom. The SMILES string of the molecule is Cc1c(O)ccc2c1OCCC(c1ccc3c(c1)CCN3)=C2c1ccc(O[C@H]2CCN(CCCF)C2)cc1. The molecule has 0 radical (unpaired) electrons. The predicted molar refractivity (Wildman–Crippen MR) is 150 cm³/mol. The zero-order chi connectivity index (χ0) is 26.1. The van der Waals surface area contributed by atoms with E-state index >= 15 is 0 Å².